The SMILES string of the molecule is N#Cc1ccc(Oc2nccnc2Cl)cc1F. The second-order valence-electron chi connectivity index (χ2n) is 3.01. The lowest BCUT2D eigenvalue weighted by Crippen LogP contribution is -1.92. The van der Waals surface area contributed by atoms with Crippen molar-refractivity contribution in [1.82, 2.24) is 9.97 Å². The molecule has 1 aromatic heterocycles. The summed E-state index contributed by atoms with van der Waals surface area (Å²) in [7, 11) is 0. The third-order valence-corrected chi connectivity index (χ3v) is 2.16. The monoisotopic (exact) mass is 249 g/mol. The lowest BCUT2D eigenvalue weighted by molar-refractivity contribution is 0.455. The highest BCUT2D eigenvalue weighted by Gasteiger charge is 2.08. The Kier molecular flexibility index (Phi) is 3.17. The molecule has 0 atom stereocenters. The average Bonchev–Trinajstić information content (AvgIpc) is 2.32. The maximum absolute atomic E-state index is 13.3. The van der Waals surface area contributed by atoms with Gasteiger partial charge in [0, 0.05) is 18.5 Å². The second-order valence-corrected chi connectivity index (χ2v) is 3.37. The molecule has 0 unspecified atom stereocenters. The molecule has 0 radical (unpaired) electrons. The Labute approximate surface area is 101 Å². The predicted molar refractivity (Wildman–Crippen MR) is 58.2 cm³/mol. The molecule has 1 aromatic carbocycles. The van der Waals surface area contributed by atoms with Crippen LogP contribution in [0.5, 0.6) is 11.6 Å². The zero-order valence-corrected chi connectivity index (χ0v) is 9.15. The molecule has 0 saturated carbocycles. The molecule has 0 aliphatic heterocycles. The number of hydrogen-bond acceptors (Lipinski definition) is 4. The molecule has 6 heteroatoms. The number of nitrogens with zero attached hydrogens (tertiary/aromatic N) is 3. The number of benzene rings is 1. The van der Waals surface area contributed by atoms with Crippen molar-refractivity contribution < 1.29 is 9.13 Å². The van der Waals surface area contributed by atoms with E-state index in [-0.39, 0.29) is 22.3 Å². The molecular formula is C11H5ClFN3O. The first kappa shape index (κ1) is 11.3. The fraction of sp³-hybridized carbons (Fsp3) is 0. The van der Waals surface area contributed by atoms with Gasteiger partial charge in [0.15, 0.2) is 5.15 Å². The van der Waals surface area contributed by atoms with Crippen LogP contribution < -0.4 is 4.74 Å². The van der Waals surface area contributed by atoms with Gasteiger partial charge < -0.3 is 4.74 Å². The van der Waals surface area contributed by atoms with Crippen molar-refractivity contribution in [3.63, 3.8) is 0 Å². The third-order valence-electron chi connectivity index (χ3n) is 1.90. The molecule has 0 aliphatic rings. The van der Waals surface area contributed by atoms with Crippen LogP contribution in [0.4, 0.5) is 4.39 Å². The molecule has 84 valence electrons. The van der Waals surface area contributed by atoms with E-state index in [4.69, 9.17) is 21.6 Å². The summed E-state index contributed by atoms with van der Waals surface area (Å²) in [4.78, 5) is 7.60. The molecule has 0 N–H and O–H groups in total. The molecule has 2 aromatic rings. The zero-order valence-electron chi connectivity index (χ0n) is 8.39. The Morgan fingerprint density at radius 1 is 1.29 bits per heavy atom. The number of rotatable bonds is 2. The van der Waals surface area contributed by atoms with Crippen molar-refractivity contribution in [2.24, 2.45) is 0 Å². The first-order valence-corrected chi connectivity index (χ1v) is 4.92. The van der Waals surface area contributed by atoms with Crippen molar-refractivity contribution in [3.8, 4) is 17.7 Å². The molecule has 0 spiro atoms. The summed E-state index contributed by atoms with van der Waals surface area (Å²) >= 11 is 5.73. The van der Waals surface area contributed by atoms with E-state index in [2.05, 4.69) is 9.97 Å². The van der Waals surface area contributed by atoms with Gasteiger partial charge in [-0.15, -0.1) is 0 Å². The van der Waals surface area contributed by atoms with Crippen LogP contribution in [0.15, 0.2) is 30.6 Å². The van der Waals surface area contributed by atoms with Crippen molar-refractivity contribution in [1.29, 1.82) is 5.26 Å². The first-order valence-electron chi connectivity index (χ1n) is 4.54. The minimum absolute atomic E-state index is 0.0532. The van der Waals surface area contributed by atoms with Gasteiger partial charge in [-0.1, -0.05) is 11.6 Å². The van der Waals surface area contributed by atoms with Crippen LogP contribution >= 0.6 is 11.6 Å². The number of aromatic nitrogens is 2. The number of hydrogen-bond donors (Lipinski definition) is 0. The summed E-state index contributed by atoms with van der Waals surface area (Å²) in [5, 5.41) is 8.65. The van der Waals surface area contributed by atoms with Crippen LogP contribution in [0.3, 0.4) is 0 Å². The van der Waals surface area contributed by atoms with Crippen LogP contribution in [0.2, 0.25) is 5.15 Å². The minimum atomic E-state index is -0.662. The van der Waals surface area contributed by atoms with Crippen LogP contribution in [0, 0.1) is 17.1 Å². The van der Waals surface area contributed by atoms with Crippen LogP contribution in [0.1, 0.15) is 5.56 Å². The van der Waals surface area contributed by atoms with E-state index in [1.807, 2.05) is 0 Å². The van der Waals surface area contributed by atoms with Gasteiger partial charge in [0.05, 0.1) is 5.56 Å². The summed E-state index contributed by atoms with van der Waals surface area (Å²) < 4.78 is 18.5. The number of nitriles is 1. The summed E-state index contributed by atoms with van der Waals surface area (Å²) in [6.45, 7) is 0. The standard InChI is InChI=1S/C11H5ClFN3O/c12-10-11(16-4-3-15-10)17-8-2-1-7(6-14)9(13)5-8/h1-5H. The molecule has 17 heavy (non-hydrogen) atoms. The summed E-state index contributed by atoms with van der Waals surface area (Å²) in [6, 6.07) is 5.57. The molecular weight excluding hydrogens is 245 g/mol. The highest BCUT2D eigenvalue weighted by atomic mass is 35.5. The van der Waals surface area contributed by atoms with Crippen LogP contribution in [-0.4, -0.2) is 9.97 Å². The summed E-state index contributed by atoms with van der Waals surface area (Å²) in [5.74, 6) is -0.382. The topological polar surface area (TPSA) is 58.8 Å². The lowest BCUT2D eigenvalue weighted by Gasteiger charge is -2.05. The highest BCUT2D eigenvalue weighted by Crippen LogP contribution is 2.25. The van der Waals surface area contributed by atoms with Gasteiger partial charge in [0.25, 0.3) is 5.88 Å². The van der Waals surface area contributed by atoms with Crippen molar-refractivity contribution in [2.45, 2.75) is 0 Å². The average molecular weight is 250 g/mol. The van der Waals surface area contributed by atoms with Gasteiger partial charge in [-0.05, 0) is 12.1 Å². The third kappa shape index (κ3) is 2.49. The number of halogens is 2. The van der Waals surface area contributed by atoms with E-state index < -0.39 is 5.82 Å². The van der Waals surface area contributed by atoms with E-state index in [0.717, 1.165) is 6.07 Å². The Morgan fingerprint density at radius 2 is 2.06 bits per heavy atom. The van der Waals surface area contributed by atoms with Gasteiger partial charge >= 0.3 is 0 Å². The molecule has 4 nitrogen and oxygen atoms in total. The van der Waals surface area contributed by atoms with Gasteiger partial charge in [0.1, 0.15) is 17.6 Å². The Bertz CT molecular complexity index is 598. The summed E-state index contributed by atoms with van der Waals surface area (Å²) in [6.07, 6.45) is 2.82. The lowest BCUT2D eigenvalue weighted by atomic mass is 10.2. The van der Waals surface area contributed by atoms with E-state index in [1.165, 1.54) is 24.5 Å². The van der Waals surface area contributed by atoms with Crippen molar-refractivity contribution in [3.05, 3.63) is 47.1 Å². The largest absolute Gasteiger partial charge is 0.436 e. The van der Waals surface area contributed by atoms with E-state index >= 15 is 0 Å². The Balaban J connectivity index is 2.29. The smallest absolute Gasteiger partial charge is 0.257 e. The highest BCUT2D eigenvalue weighted by molar-refractivity contribution is 6.30. The van der Waals surface area contributed by atoms with Crippen LogP contribution in [0.25, 0.3) is 0 Å². The molecule has 2 rings (SSSR count). The van der Waals surface area contributed by atoms with Gasteiger partial charge in [-0.25, -0.2) is 14.4 Å². The quantitative estimate of drug-likeness (QED) is 0.821. The van der Waals surface area contributed by atoms with Crippen molar-refractivity contribution >= 4 is 11.6 Å². The predicted octanol–water partition coefficient (Wildman–Crippen LogP) is 2.93. The maximum atomic E-state index is 13.3. The van der Waals surface area contributed by atoms with E-state index in [1.54, 1.807) is 6.07 Å². The maximum Gasteiger partial charge on any atom is 0.257 e. The fourth-order valence-corrected chi connectivity index (χ4v) is 1.28. The molecule has 0 bridgehead atoms. The van der Waals surface area contributed by atoms with Gasteiger partial charge in [-0.2, -0.15) is 5.26 Å². The van der Waals surface area contributed by atoms with Gasteiger partial charge in [-0.3, -0.25) is 0 Å². The fourth-order valence-electron chi connectivity index (χ4n) is 1.14. The van der Waals surface area contributed by atoms with Gasteiger partial charge in [0.2, 0.25) is 0 Å². The Morgan fingerprint density at radius 3 is 2.71 bits per heavy atom. The molecule has 1 heterocycles. The minimum Gasteiger partial charge on any atom is -0.436 e. The van der Waals surface area contributed by atoms with E-state index in [9.17, 15) is 4.39 Å². The van der Waals surface area contributed by atoms with E-state index in [0.29, 0.717) is 0 Å². The summed E-state index contributed by atoms with van der Waals surface area (Å²) in [5.41, 5.74) is -0.0532. The number of ether oxygens (including phenoxy) is 1. The molecule has 0 saturated heterocycles. The molecule has 0 aliphatic carbocycles. The second kappa shape index (κ2) is 4.76. The van der Waals surface area contributed by atoms with Crippen molar-refractivity contribution in [2.75, 3.05) is 0 Å². The molecule has 0 fully saturated rings. The normalized spacial score (nSPS) is 9.71. The zero-order chi connectivity index (χ0) is 12.3. The first-order chi connectivity index (χ1) is 8.20. The molecule has 0 amide bonds. The Hall–Kier alpha value is -2.19. The van der Waals surface area contributed by atoms with Crippen LogP contribution in [-0.2, 0) is 0 Å².